The van der Waals surface area contributed by atoms with E-state index in [4.69, 9.17) is 0 Å². The van der Waals surface area contributed by atoms with Gasteiger partial charge in [0.2, 0.25) is 5.91 Å². The monoisotopic (exact) mass is 386 g/mol. The van der Waals surface area contributed by atoms with Crippen molar-refractivity contribution in [1.82, 2.24) is 10.2 Å². The van der Waals surface area contributed by atoms with E-state index >= 15 is 0 Å². The van der Waals surface area contributed by atoms with Crippen LogP contribution in [0, 0.1) is 5.82 Å². The minimum atomic E-state index is -0.576. The molecule has 0 spiro atoms. The summed E-state index contributed by atoms with van der Waals surface area (Å²) < 4.78 is 13.8. The van der Waals surface area contributed by atoms with Crippen molar-refractivity contribution in [2.75, 3.05) is 19.6 Å². The maximum Gasteiger partial charge on any atom is 0.230 e. The van der Waals surface area contributed by atoms with Crippen LogP contribution >= 0.6 is 11.3 Å². The number of benzene rings is 1. The molecule has 0 radical (unpaired) electrons. The molecule has 1 unspecified atom stereocenters. The van der Waals surface area contributed by atoms with Gasteiger partial charge in [0, 0.05) is 11.4 Å². The normalized spacial score (nSPS) is 20.6. The fourth-order valence-electron chi connectivity index (χ4n) is 4.71. The molecule has 5 heteroatoms. The Morgan fingerprint density at radius 1 is 1.15 bits per heavy atom. The van der Waals surface area contributed by atoms with Gasteiger partial charge < -0.3 is 5.32 Å². The number of thiophene rings is 1. The molecule has 0 bridgehead atoms. The lowest BCUT2D eigenvalue weighted by atomic mass is 9.78. The second-order valence-electron chi connectivity index (χ2n) is 7.78. The Hall–Kier alpha value is -1.72. The van der Waals surface area contributed by atoms with E-state index in [1.54, 1.807) is 23.5 Å². The van der Waals surface area contributed by atoms with E-state index in [1.807, 2.05) is 6.07 Å². The van der Waals surface area contributed by atoms with Gasteiger partial charge in [-0.1, -0.05) is 31.0 Å². The van der Waals surface area contributed by atoms with Crippen LogP contribution in [0.25, 0.3) is 0 Å². The summed E-state index contributed by atoms with van der Waals surface area (Å²) >= 11 is 1.76. The Balaban J connectivity index is 1.52. The zero-order chi connectivity index (χ0) is 18.7. The van der Waals surface area contributed by atoms with Gasteiger partial charge in [0.25, 0.3) is 0 Å². The van der Waals surface area contributed by atoms with Crippen molar-refractivity contribution < 1.29 is 9.18 Å². The minimum Gasteiger partial charge on any atom is -0.353 e. The maximum atomic E-state index is 13.8. The molecule has 1 atom stereocenters. The van der Waals surface area contributed by atoms with Crippen LogP contribution in [0.1, 0.15) is 55.0 Å². The summed E-state index contributed by atoms with van der Waals surface area (Å²) in [6.07, 6.45) is 6.09. The van der Waals surface area contributed by atoms with Gasteiger partial charge in [-0.15, -0.1) is 11.3 Å². The smallest absolute Gasteiger partial charge is 0.230 e. The minimum absolute atomic E-state index is 0.0614. The predicted molar refractivity (Wildman–Crippen MR) is 107 cm³/mol. The lowest BCUT2D eigenvalue weighted by molar-refractivity contribution is -0.126. The number of rotatable bonds is 6. The molecule has 1 aliphatic carbocycles. The lowest BCUT2D eigenvalue weighted by Gasteiger charge is -2.31. The van der Waals surface area contributed by atoms with Crippen molar-refractivity contribution in [3.8, 4) is 0 Å². The van der Waals surface area contributed by atoms with E-state index in [9.17, 15) is 9.18 Å². The molecule has 3 nitrogen and oxygen atoms in total. The Kier molecular flexibility index (Phi) is 5.60. The van der Waals surface area contributed by atoms with Crippen LogP contribution in [-0.4, -0.2) is 30.4 Å². The summed E-state index contributed by atoms with van der Waals surface area (Å²) in [5.41, 5.74) is 0.249. The zero-order valence-corrected chi connectivity index (χ0v) is 16.4. The molecule has 2 aromatic rings. The number of nitrogens with zero attached hydrogens (tertiary/aromatic N) is 1. The van der Waals surface area contributed by atoms with E-state index in [-0.39, 0.29) is 17.8 Å². The second-order valence-corrected chi connectivity index (χ2v) is 8.76. The van der Waals surface area contributed by atoms with E-state index in [0.717, 1.165) is 44.3 Å². The number of carbonyl (C=O) groups excluding carboxylic acids is 1. The van der Waals surface area contributed by atoms with Crippen LogP contribution in [-0.2, 0) is 10.2 Å². The molecule has 1 amide bonds. The molecule has 1 saturated carbocycles. The molecule has 4 rings (SSSR count). The first-order valence-electron chi connectivity index (χ1n) is 10.0. The number of hydrogen-bond acceptors (Lipinski definition) is 3. The highest BCUT2D eigenvalue weighted by atomic mass is 32.1. The van der Waals surface area contributed by atoms with E-state index in [2.05, 4.69) is 27.7 Å². The number of halogens is 1. The van der Waals surface area contributed by atoms with Crippen molar-refractivity contribution in [3.05, 3.63) is 58.0 Å². The molecular weight excluding hydrogens is 359 g/mol. The largest absolute Gasteiger partial charge is 0.353 e. The highest BCUT2D eigenvalue weighted by molar-refractivity contribution is 7.10. The van der Waals surface area contributed by atoms with Gasteiger partial charge in [-0.3, -0.25) is 9.69 Å². The first-order valence-corrected chi connectivity index (χ1v) is 10.9. The third-order valence-corrected chi connectivity index (χ3v) is 7.15. The summed E-state index contributed by atoms with van der Waals surface area (Å²) in [6, 6.07) is 11.1. The van der Waals surface area contributed by atoms with Crippen LogP contribution in [0.5, 0.6) is 0 Å². The van der Waals surface area contributed by atoms with Crippen molar-refractivity contribution in [2.24, 2.45) is 0 Å². The van der Waals surface area contributed by atoms with Gasteiger partial charge in [-0.25, -0.2) is 4.39 Å². The third-order valence-electron chi connectivity index (χ3n) is 6.18. The summed E-state index contributed by atoms with van der Waals surface area (Å²) in [7, 11) is 0. The van der Waals surface area contributed by atoms with Crippen LogP contribution in [0.15, 0.2) is 41.8 Å². The van der Waals surface area contributed by atoms with E-state index < -0.39 is 5.41 Å². The van der Waals surface area contributed by atoms with Crippen LogP contribution in [0.2, 0.25) is 0 Å². The summed E-state index contributed by atoms with van der Waals surface area (Å²) in [5, 5.41) is 5.35. The number of amides is 1. The molecule has 1 N–H and O–H groups in total. The van der Waals surface area contributed by atoms with E-state index in [1.165, 1.54) is 23.8 Å². The summed E-state index contributed by atoms with van der Waals surface area (Å²) in [4.78, 5) is 17.1. The molecule has 1 aromatic heterocycles. The van der Waals surface area contributed by atoms with Crippen LogP contribution in [0.3, 0.4) is 0 Å². The Morgan fingerprint density at radius 3 is 2.59 bits per heavy atom. The van der Waals surface area contributed by atoms with Crippen molar-refractivity contribution in [2.45, 2.75) is 50.0 Å². The van der Waals surface area contributed by atoms with Crippen molar-refractivity contribution in [3.63, 3.8) is 0 Å². The Labute approximate surface area is 164 Å². The highest BCUT2D eigenvalue weighted by Crippen LogP contribution is 2.41. The van der Waals surface area contributed by atoms with Gasteiger partial charge in [0.05, 0.1) is 11.5 Å². The fraction of sp³-hybridized carbons (Fsp3) is 0.500. The predicted octanol–water partition coefficient (Wildman–Crippen LogP) is 4.65. The van der Waals surface area contributed by atoms with Gasteiger partial charge in [-0.2, -0.15) is 0 Å². The Morgan fingerprint density at radius 2 is 1.93 bits per heavy atom. The topological polar surface area (TPSA) is 32.3 Å². The van der Waals surface area contributed by atoms with Crippen molar-refractivity contribution in [1.29, 1.82) is 0 Å². The first-order chi connectivity index (χ1) is 13.2. The third kappa shape index (κ3) is 3.81. The fourth-order valence-corrected chi connectivity index (χ4v) is 5.57. The molecule has 2 aliphatic rings. The number of hydrogen-bond donors (Lipinski definition) is 1. The standard InChI is InChI=1S/C22H27FN2OS/c23-18-8-5-7-17(15-18)22(10-1-2-11-22)21(26)24-16-19(20-9-6-14-27-20)25-12-3-4-13-25/h5-9,14-15,19H,1-4,10-13,16H2,(H,24,26). The first kappa shape index (κ1) is 18.6. The average molecular weight is 387 g/mol. The van der Waals surface area contributed by atoms with Crippen LogP contribution < -0.4 is 5.32 Å². The Bertz CT molecular complexity index is 764. The molecule has 2 heterocycles. The quantitative estimate of drug-likeness (QED) is 0.784. The van der Waals surface area contributed by atoms with Gasteiger partial charge >= 0.3 is 0 Å². The van der Waals surface area contributed by atoms with E-state index in [0.29, 0.717) is 6.54 Å². The maximum absolute atomic E-state index is 13.8. The van der Waals surface area contributed by atoms with Gasteiger partial charge in [0.1, 0.15) is 5.82 Å². The van der Waals surface area contributed by atoms with Gasteiger partial charge in [-0.05, 0) is 67.9 Å². The van der Waals surface area contributed by atoms with Crippen LogP contribution in [0.4, 0.5) is 4.39 Å². The van der Waals surface area contributed by atoms with Gasteiger partial charge in [0.15, 0.2) is 0 Å². The molecule has 1 aromatic carbocycles. The molecular formula is C22H27FN2OS. The zero-order valence-electron chi connectivity index (χ0n) is 15.6. The molecule has 1 saturated heterocycles. The lowest BCUT2D eigenvalue weighted by Crippen LogP contribution is -2.45. The molecule has 144 valence electrons. The average Bonchev–Trinajstić information content (AvgIpc) is 3.44. The van der Waals surface area contributed by atoms with Crippen molar-refractivity contribution >= 4 is 17.2 Å². The highest BCUT2D eigenvalue weighted by Gasteiger charge is 2.43. The second kappa shape index (κ2) is 8.11. The number of carbonyl (C=O) groups is 1. The summed E-state index contributed by atoms with van der Waals surface area (Å²) in [6.45, 7) is 2.80. The molecule has 2 fully saturated rings. The molecule has 27 heavy (non-hydrogen) atoms. The summed E-state index contributed by atoms with van der Waals surface area (Å²) in [5.74, 6) is -0.202. The SMILES string of the molecule is O=C(NCC(c1cccs1)N1CCCC1)C1(c2cccc(F)c2)CCCC1. The number of likely N-dealkylation sites (tertiary alicyclic amines) is 1. The number of nitrogens with one attached hydrogen (secondary N) is 1. The molecule has 1 aliphatic heterocycles.